The van der Waals surface area contributed by atoms with Gasteiger partial charge in [0.15, 0.2) is 5.82 Å². The maximum Gasteiger partial charge on any atom is 0.232 e. The highest BCUT2D eigenvalue weighted by Crippen LogP contribution is 2.28. The highest BCUT2D eigenvalue weighted by atomic mass is 16.5. The van der Waals surface area contributed by atoms with Crippen molar-refractivity contribution >= 4 is 28.5 Å². The van der Waals surface area contributed by atoms with Gasteiger partial charge in [0.1, 0.15) is 23.6 Å². The number of hydrogen-bond acceptors (Lipinski definition) is 8. The lowest BCUT2D eigenvalue weighted by molar-refractivity contribution is 0.299. The SMILES string of the molecule is COc1ccc(C)cc1Nc1nc(N)nc(COc2cccc3cccnc23)n1. The van der Waals surface area contributed by atoms with Crippen molar-refractivity contribution < 1.29 is 9.47 Å². The molecule has 0 aliphatic rings. The molecular formula is C21H20N6O2. The Bertz CT molecular complexity index is 1160. The fourth-order valence-corrected chi connectivity index (χ4v) is 2.93. The van der Waals surface area contributed by atoms with E-state index in [2.05, 4.69) is 25.3 Å². The Balaban J connectivity index is 1.57. The molecule has 146 valence electrons. The third kappa shape index (κ3) is 4.16. The minimum atomic E-state index is 0.101. The van der Waals surface area contributed by atoms with E-state index < -0.39 is 0 Å². The smallest absolute Gasteiger partial charge is 0.232 e. The topological polar surface area (TPSA) is 108 Å². The number of aryl methyl sites for hydroxylation is 1. The molecule has 0 aliphatic carbocycles. The number of hydrogen-bond donors (Lipinski definition) is 2. The summed E-state index contributed by atoms with van der Waals surface area (Å²) in [7, 11) is 1.61. The summed E-state index contributed by atoms with van der Waals surface area (Å²) in [5, 5.41) is 4.13. The van der Waals surface area contributed by atoms with Gasteiger partial charge in [-0.25, -0.2) is 0 Å². The molecule has 29 heavy (non-hydrogen) atoms. The zero-order chi connectivity index (χ0) is 20.2. The van der Waals surface area contributed by atoms with Crippen LogP contribution >= 0.6 is 0 Å². The van der Waals surface area contributed by atoms with Crippen LogP contribution in [0.4, 0.5) is 17.6 Å². The predicted octanol–water partition coefficient (Wildman–Crippen LogP) is 3.64. The Morgan fingerprint density at radius 1 is 1.00 bits per heavy atom. The average molecular weight is 388 g/mol. The summed E-state index contributed by atoms with van der Waals surface area (Å²) in [5.41, 5.74) is 8.46. The fraction of sp³-hybridized carbons (Fsp3) is 0.143. The van der Waals surface area contributed by atoms with Gasteiger partial charge in [-0.05, 0) is 36.8 Å². The van der Waals surface area contributed by atoms with Crippen molar-refractivity contribution in [2.45, 2.75) is 13.5 Å². The number of ether oxygens (including phenoxy) is 2. The van der Waals surface area contributed by atoms with Gasteiger partial charge in [0.05, 0.1) is 12.8 Å². The maximum absolute atomic E-state index is 5.91. The summed E-state index contributed by atoms with van der Waals surface area (Å²) >= 11 is 0. The number of para-hydroxylation sites is 1. The molecule has 4 rings (SSSR count). The van der Waals surface area contributed by atoms with Gasteiger partial charge in [0, 0.05) is 11.6 Å². The van der Waals surface area contributed by atoms with Crippen molar-refractivity contribution in [3.63, 3.8) is 0 Å². The molecule has 0 saturated carbocycles. The Morgan fingerprint density at radius 2 is 1.86 bits per heavy atom. The van der Waals surface area contributed by atoms with E-state index >= 15 is 0 Å². The monoisotopic (exact) mass is 388 g/mol. The summed E-state index contributed by atoms with van der Waals surface area (Å²) in [6, 6.07) is 15.4. The third-order valence-corrected chi connectivity index (χ3v) is 4.25. The molecule has 8 nitrogen and oxygen atoms in total. The number of rotatable bonds is 6. The fourth-order valence-electron chi connectivity index (χ4n) is 2.93. The van der Waals surface area contributed by atoms with Crippen LogP contribution in [0.2, 0.25) is 0 Å². The van der Waals surface area contributed by atoms with Crippen LogP contribution in [0.25, 0.3) is 10.9 Å². The number of aromatic nitrogens is 4. The second-order valence-electron chi connectivity index (χ2n) is 6.38. The number of benzene rings is 2. The Kier molecular flexibility index (Phi) is 5.07. The number of anilines is 3. The van der Waals surface area contributed by atoms with Gasteiger partial charge in [0.25, 0.3) is 0 Å². The van der Waals surface area contributed by atoms with E-state index in [1.165, 1.54) is 0 Å². The average Bonchev–Trinajstić information content (AvgIpc) is 2.72. The first-order valence-electron chi connectivity index (χ1n) is 9.01. The van der Waals surface area contributed by atoms with Crippen LogP contribution in [0, 0.1) is 6.92 Å². The normalized spacial score (nSPS) is 10.7. The second kappa shape index (κ2) is 7.97. The van der Waals surface area contributed by atoms with Crippen LogP contribution in [0.15, 0.2) is 54.7 Å². The number of nitrogens with one attached hydrogen (secondary N) is 1. The quantitative estimate of drug-likeness (QED) is 0.515. The zero-order valence-electron chi connectivity index (χ0n) is 16.1. The highest BCUT2D eigenvalue weighted by Gasteiger charge is 2.10. The van der Waals surface area contributed by atoms with E-state index in [4.69, 9.17) is 15.2 Å². The minimum absolute atomic E-state index is 0.101. The van der Waals surface area contributed by atoms with Gasteiger partial charge in [0.2, 0.25) is 11.9 Å². The number of methoxy groups -OCH3 is 1. The molecule has 0 atom stereocenters. The lowest BCUT2D eigenvalue weighted by Gasteiger charge is -2.12. The third-order valence-electron chi connectivity index (χ3n) is 4.25. The summed E-state index contributed by atoms with van der Waals surface area (Å²) in [5.74, 6) is 2.14. The lowest BCUT2D eigenvalue weighted by atomic mass is 10.2. The lowest BCUT2D eigenvalue weighted by Crippen LogP contribution is -2.10. The molecule has 2 aromatic heterocycles. The maximum atomic E-state index is 5.91. The zero-order valence-corrected chi connectivity index (χ0v) is 16.1. The molecule has 0 fully saturated rings. The van der Waals surface area contributed by atoms with Crippen LogP contribution in [0.5, 0.6) is 11.5 Å². The van der Waals surface area contributed by atoms with Crippen molar-refractivity contribution in [1.82, 2.24) is 19.9 Å². The number of pyridine rings is 1. The van der Waals surface area contributed by atoms with Crippen LogP contribution < -0.4 is 20.5 Å². The predicted molar refractivity (Wildman–Crippen MR) is 111 cm³/mol. The van der Waals surface area contributed by atoms with E-state index in [9.17, 15) is 0 Å². The van der Waals surface area contributed by atoms with E-state index in [-0.39, 0.29) is 12.6 Å². The molecule has 2 heterocycles. The van der Waals surface area contributed by atoms with Crippen molar-refractivity contribution in [1.29, 1.82) is 0 Å². The Morgan fingerprint density at radius 3 is 2.72 bits per heavy atom. The number of nitrogens with two attached hydrogens (primary N) is 1. The molecule has 0 unspecified atom stereocenters. The van der Waals surface area contributed by atoms with Gasteiger partial charge in [-0.1, -0.05) is 24.3 Å². The largest absolute Gasteiger partial charge is 0.495 e. The van der Waals surface area contributed by atoms with Gasteiger partial charge >= 0.3 is 0 Å². The van der Waals surface area contributed by atoms with Crippen LogP contribution in [0.1, 0.15) is 11.4 Å². The minimum Gasteiger partial charge on any atom is -0.495 e. The summed E-state index contributed by atoms with van der Waals surface area (Å²) in [6.07, 6.45) is 1.73. The molecule has 0 spiro atoms. The van der Waals surface area contributed by atoms with Crippen molar-refractivity contribution in [3.05, 3.63) is 66.1 Å². The van der Waals surface area contributed by atoms with E-state index in [0.717, 1.165) is 22.2 Å². The standard InChI is InChI=1S/C21H20N6O2/c1-13-8-9-16(28-2)15(11-13)24-21-26-18(25-20(22)27-21)12-29-17-7-3-5-14-6-4-10-23-19(14)17/h3-11H,12H2,1-2H3,(H3,22,24,25,26,27). The molecule has 2 aromatic carbocycles. The number of nitrogen functional groups attached to an aromatic ring is 1. The molecule has 3 N–H and O–H groups in total. The van der Waals surface area contributed by atoms with Gasteiger partial charge in [-0.15, -0.1) is 0 Å². The van der Waals surface area contributed by atoms with Crippen LogP contribution in [-0.4, -0.2) is 27.0 Å². The second-order valence-corrected chi connectivity index (χ2v) is 6.38. The molecule has 0 aliphatic heterocycles. The van der Waals surface area contributed by atoms with Crippen molar-refractivity contribution in [2.24, 2.45) is 0 Å². The van der Waals surface area contributed by atoms with Crippen molar-refractivity contribution in [2.75, 3.05) is 18.2 Å². The molecule has 8 heteroatoms. The molecular weight excluding hydrogens is 368 g/mol. The van der Waals surface area contributed by atoms with Gasteiger partial charge in [-0.3, -0.25) is 4.98 Å². The first-order chi connectivity index (χ1) is 14.1. The highest BCUT2D eigenvalue weighted by molar-refractivity contribution is 5.84. The van der Waals surface area contributed by atoms with E-state index in [0.29, 0.717) is 23.3 Å². The van der Waals surface area contributed by atoms with E-state index in [1.54, 1.807) is 13.3 Å². The molecule has 0 amide bonds. The molecule has 0 bridgehead atoms. The van der Waals surface area contributed by atoms with Crippen LogP contribution in [0.3, 0.4) is 0 Å². The first-order valence-corrected chi connectivity index (χ1v) is 9.01. The Labute approximate surface area is 167 Å². The van der Waals surface area contributed by atoms with Gasteiger partial charge < -0.3 is 20.5 Å². The number of nitrogens with zero attached hydrogens (tertiary/aromatic N) is 4. The van der Waals surface area contributed by atoms with E-state index in [1.807, 2.05) is 55.5 Å². The van der Waals surface area contributed by atoms with Gasteiger partial charge in [-0.2, -0.15) is 15.0 Å². The van der Waals surface area contributed by atoms with Crippen molar-refractivity contribution in [3.8, 4) is 11.5 Å². The van der Waals surface area contributed by atoms with Crippen LogP contribution in [-0.2, 0) is 6.61 Å². The molecule has 4 aromatic rings. The summed E-state index contributed by atoms with van der Waals surface area (Å²) in [4.78, 5) is 17.1. The number of fused-ring (bicyclic) bond motifs is 1. The molecule has 0 radical (unpaired) electrons. The summed E-state index contributed by atoms with van der Waals surface area (Å²) in [6.45, 7) is 2.12. The first kappa shape index (κ1) is 18.4. The molecule has 0 saturated heterocycles. The summed E-state index contributed by atoms with van der Waals surface area (Å²) < 4.78 is 11.3. The Hall–Kier alpha value is -3.94.